The van der Waals surface area contributed by atoms with Gasteiger partial charge in [-0.15, -0.1) is 0 Å². The summed E-state index contributed by atoms with van der Waals surface area (Å²) in [5, 5.41) is 7.22. The maximum Gasteiger partial charge on any atom is 0.257 e. The standard InChI is InChI=1S/C30H32ClN3O/c1-22-8-7-11-25(18-22)28-20-29(26-12-5-6-13-27(26)31)34(32-28)30(35)21-33-16-14-24(15-17-33)19-23-9-3-2-4-10-23/h2-13,18,24,29H,14-17,19-21H2,1H3. The fourth-order valence-electron chi connectivity index (χ4n) is 5.29. The van der Waals surface area contributed by atoms with Gasteiger partial charge in [-0.05, 0) is 68.0 Å². The van der Waals surface area contributed by atoms with Crippen molar-refractivity contribution in [2.75, 3.05) is 19.6 Å². The number of aryl methyl sites for hydroxylation is 1. The number of carbonyl (C=O) groups excluding carboxylic acids is 1. The van der Waals surface area contributed by atoms with E-state index in [0.717, 1.165) is 49.2 Å². The van der Waals surface area contributed by atoms with Crippen molar-refractivity contribution in [2.24, 2.45) is 11.0 Å². The lowest BCUT2D eigenvalue weighted by Crippen LogP contribution is -2.42. The Morgan fingerprint density at radius 2 is 1.71 bits per heavy atom. The van der Waals surface area contributed by atoms with E-state index in [2.05, 4.69) is 60.4 Å². The van der Waals surface area contributed by atoms with Crippen LogP contribution in [-0.4, -0.2) is 41.2 Å². The van der Waals surface area contributed by atoms with Crippen molar-refractivity contribution in [3.63, 3.8) is 0 Å². The topological polar surface area (TPSA) is 35.9 Å². The van der Waals surface area contributed by atoms with Crippen molar-refractivity contribution in [3.05, 3.63) is 106 Å². The molecule has 3 aromatic rings. The smallest absolute Gasteiger partial charge is 0.257 e. The zero-order chi connectivity index (χ0) is 24.2. The van der Waals surface area contributed by atoms with Gasteiger partial charge in [-0.2, -0.15) is 5.10 Å². The highest BCUT2D eigenvalue weighted by atomic mass is 35.5. The number of benzene rings is 3. The number of likely N-dealkylation sites (tertiary alicyclic amines) is 1. The van der Waals surface area contributed by atoms with E-state index < -0.39 is 0 Å². The van der Waals surface area contributed by atoms with Gasteiger partial charge in [0.15, 0.2) is 0 Å². The van der Waals surface area contributed by atoms with E-state index in [0.29, 0.717) is 23.9 Å². The van der Waals surface area contributed by atoms with Gasteiger partial charge in [0.25, 0.3) is 5.91 Å². The minimum atomic E-state index is -0.178. The molecule has 0 N–H and O–H groups in total. The molecule has 0 aliphatic carbocycles. The first-order valence-electron chi connectivity index (χ1n) is 12.5. The Morgan fingerprint density at radius 1 is 0.971 bits per heavy atom. The van der Waals surface area contributed by atoms with E-state index >= 15 is 0 Å². The summed E-state index contributed by atoms with van der Waals surface area (Å²) in [6, 6.07) is 26.7. The fraction of sp³-hybridized carbons (Fsp3) is 0.333. The average Bonchev–Trinajstić information content (AvgIpc) is 3.32. The molecule has 4 nitrogen and oxygen atoms in total. The molecule has 0 spiro atoms. The highest BCUT2D eigenvalue weighted by Crippen LogP contribution is 2.36. The maximum atomic E-state index is 13.6. The Balaban J connectivity index is 1.28. The number of amides is 1. The third-order valence-corrected chi connectivity index (χ3v) is 7.56. The molecule has 5 heteroatoms. The Hall–Kier alpha value is -2.95. The summed E-state index contributed by atoms with van der Waals surface area (Å²) in [5.41, 5.74) is 5.55. The second-order valence-corrected chi connectivity index (χ2v) is 10.2. The van der Waals surface area contributed by atoms with Crippen LogP contribution in [0, 0.1) is 12.8 Å². The molecule has 2 aliphatic heterocycles. The molecule has 3 aromatic carbocycles. The minimum absolute atomic E-state index is 0.0408. The molecule has 2 aliphatic rings. The summed E-state index contributed by atoms with van der Waals surface area (Å²) in [4.78, 5) is 15.8. The number of hydrazone groups is 1. The van der Waals surface area contributed by atoms with E-state index in [1.165, 1.54) is 11.1 Å². The average molecular weight is 486 g/mol. The molecule has 0 aromatic heterocycles. The molecular formula is C30H32ClN3O. The molecule has 1 unspecified atom stereocenters. The van der Waals surface area contributed by atoms with Crippen LogP contribution in [0.3, 0.4) is 0 Å². The lowest BCUT2D eigenvalue weighted by atomic mass is 9.90. The van der Waals surface area contributed by atoms with Crippen LogP contribution in [0.15, 0.2) is 84.0 Å². The number of halogens is 1. The zero-order valence-corrected chi connectivity index (χ0v) is 21.0. The molecule has 35 heavy (non-hydrogen) atoms. The number of rotatable bonds is 6. The molecule has 180 valence electrons. The van der Waals surface area contributed by atoms with Crippen LogP contribution in [0.2, 0.25) is 5.02 Å². The van der Waals surface area contributed by atoms with E-state index in [1.807, 2.05) is 30.3 Å². The molecule has 1 saturated heterocycles. The van der Waals surface area contributed by atoms with Crippen LogP contribution in [-0.2, 0) is 11.2 Å². The largest absolute Gasteiger partial charge is 0.294 e. The van der Waals surface area contributed by atoms with Gasteiger partial charge in [0.1, 0.15) is 0 Å². The predicted molar refractivity (Wildman–Crippen MR) is 143 cm³/mol. The molecule has 0 radical (unpaired) electrons. The summed E-state index contributed by atoms with van der Waals surface area (Å²) in [5.74, 6) is 0.719. The van der Waals surface area contributed by atoms with Gasteiger partial charge in [-0.25, -0.2) is 5.01 Å². The number of hydrogen-bond donors (Lipinski definition) is 0. The van der Waals surface area contributed by atoms with Crippen molar-refractivity contribution in [2.45, 2.75) is 38.6 Å². The second-order valence-electron chi connectivity index (χ2n) is 9.81. The maximum absolute atomic E-state index is 13.6. The second kappa shape index (κ2) is 10.8. The normalized spacial score (nSPS) is 19.1. The number of piperidine rings is 1. The van der Waals surface area contributed by atoms with Crippen LogP contribution >= 0.6 is 11.6 Å². The van der Waals surface area contributed by atoms with Crippen LogP contribution in [0.4, 0.5) is 0 Å². The third-order valence-electron chi connectivity index (χ3n) is 7.21. The Labute approximate surface area is 213 Å². The first kappa shape index (κ1) is 23.8. The van der Waals surface area contributed by atoms with Gasteiger partial charge < -0.3 is 0 Å². The Kier molecular flexibility index (Phi) is 7.31. The number of nitrogens with zero attached hydrogens (tertiary/aromatic N) is 3. The van der Waals surface area contributed by atoms with E-state index in [4.69, 9.17) is 16.7 Å². The third kappa shape index (κ3) is 5.66. The molecule has 0 saturated carbocycles. The molecule has 5 rings (SSSR count). The van der Waals surface area contributed by atoms with E-state index in [1.54, 1.807) is 5.01 Å². The van der Waals surface area contributed by atoms with E-state index in [9.17, 15) is 4.79 Å². The van der Waals surface area contributed by atoms with Gasteiger partial charge in [0.05, 0.1) is 18.3 Å². The molecule has 1 amide bonds. The van der Waals surface area contributed by atoms with Crippen molar-refractivity contribution >= 4 is 23.2 Å². The summed E-state index contributed by atoms with van der Waals surface area (Å²) in [7, 11) is 0. The molecule has 1 fully saturated rings. The predicted octanol–water partition coefficient (Wildman–Crippen LogP) is 6.28. The monoisotopic (exact) mass is 485 g/mol. The van der Waals surface area contributed by atoms with Crippen molar-refractivity contribution < 1.29 is 4.79 Å². The Bertz CT molecular complexity index is 1200. The van der Waals surface area contributed by atoms with Crippen LogP contribution < -0.4 is 0 Å². The SMILES string of the molecule is Cc1cccc(C2=NN(C(=O)CN3CCC(Cc4ccccc4)CC3)C(c3ccccc3Cl)C2)c1. The van der Waals surface area contributed by atoms with Crippen LogP contribution in [0.25, 0.3) is 0 Å². The number of carbonyl (C=O) groups is 1. The number of hydrogen-bond acceptors (Lipinski definition) is 3. The summed E-state index contributed by atoms with van der Waals surface area (Å²) in [6.45, 7) is 4.36. The van der Waals surface area contributed by atoms with Gasteiger partial charge in [0.2, 0.25) is 0 Å². The summed E-state index contributed by atoms with van der Waals surface area (Å²) >= 11 is 6.57. The van der Waals surface area contributed by atoms with Crippen LogP contribution in [0.1, 0.15) is 47.6 Å². The highest BCUT2D eigenvalue weighted by molar-refractivity contribution is 6.31. The quantitative estimate of drug-likeness (QED) is 0.412. The van der Waals surface area contributed by atoms with Gasteiger partial charge in [0, 0.05) is 11.4 Å². The lowest BCUT2D eigenvalue weighted by molar-refractivity contribution is -0.134. The minimum Gasteiger partial charge on any atom is -0.294 e. The zero-order valence-electron chi connectivity index (χ0n) is 20.2. The van der Waals surface area contributed by atoms with Gasteiger partial charge in [-0.3, -0.25) is 9.69 Å². The van der Waals surface area contributed by atoms with Crippen molar-refractivity contribution in [1.82, 2.24) is 9.91 Å². The molecule has 2 heterocycles. The fourth-order valence-corrected chi connectivity index (χ4v) is 5.55. The molecular weight excluding hydrogens is 454 g/mol. The van der Waals surface area contributed by atoms with Crippen molar-refractivity contribution in [1.29, 1.82) is 0 Å². The van der Waals surface area contributed by atoms with E-state index in [-0.39, 0.29) is 11.9 Å². The van der Waals surface area contributed by atoms with Gasteiger partial charge >= 0.3 is 0 Å². The van der Waals surface area contributed by atoms with Gasteiger partial charge in [-0.1, -0.05) is 90.0 Å². The first-order valence-corrected chi connectivity index (χ1v) is 12.9. The Morgan fingerprint density at radius 3 is 2.46 bits per heavy atom. The highest BCUT2D eigenvalue weighted by Gasteiger charge is 2.35. The van der Waals surface area contributed by atoms with Crippen LogP contribution in [0.5, 0.6) is 0 Å². The lowest BCUT2D eigenvalue weighted by Gasteiger charge is -2.33. The van der Waals surface area contributed by atoms with Crippen molar-refractivity contribution in [3.8, 4) is 0 Å². The molecule has 1 atom stereocenters. The summed E-state index contributed by atoms with van der Waals surface area (Å²) < 4.78 is 0. The molecule has 0 bridgehead atoms. The summed E-state index contributed by atoms with van der Waals surface area (Å²) in [6.07, 6.45) is 4.02. The first-order chi connectivity index (χ1) is 17.1.